The van der Waals surface area contributed by atoms with Crippen molar-refractivity contribution in [3.05, 3.63) is 0 Å². The van der Waals surface area contributed by atoms with Gasteiger partial charge in [-0.15, -0.1) is 0 Å². The molecule has 0 aliphatic carbocycles. The molecule has 2 fully saturated rings. The lowest BCUT2D eigenvalue weighted by Crippen LogP contribution is -2.46. The highest BCUT2D eigenvalue weighted by molar-refractivity contribution is 5.83. The fourth-order valence-corrected chi connectivity index (χ4v) is 3.69. The summed E-state index contributed by atoms with van der Waals surface area (Å²) in [7, 11) is 0. The number of rotatable bonds is 6. The molecule has 2 rings (SSSR count). The second kappa shape index (κ2) is 7.56. The van der Waals surface area contributed by atoms with Crippen LogP contribution in [0.15, 0.2) is 0 Å². The van der Waals surface area contributed by atoms with Gasteiger partial charge in [-0.05, 0) is 38.5 Å². The van der Waals surface area contributed by atoms with Crippen molar-refractivity contribution in [3.8, 4) is 0 Å². The third-order valence-corrected chi connectivity index (χ3v) is 5.10. The van der Waals surface area contributed by atoms with Gasteiger partial charge < -0.3 is 9.47 Å². The van der Waals surface area contributed by atoms with E-state index in [0.29, 0.717) is 5.78 Å². The zero-order valence-corrected chi connectivity index (χ0v) is 13.2. The van der Waals surface area contributed by atoms with Crippen molar-refractivity contribution in [2.24, 2.45) is 11.8 Å². The van der Waals surface area contributed by atoms with E-state index in [9.17, 15) is 4.79 Å². The van der Waals surface area contributed by atoms with Crippen LogP contribution in [-0.4, -0.2) is 31.2 Å². The molecule has 2 unspecified atom stereocenters. The zero-order chi connectivity index (χ0) is 14.4. The van der Waals surface area contributed by atoms with E-state index >= 15 is 0 Å². The second-order valence-electron chi connectivity index (χ2n) is 6.48. The van der Waals surface area contributed by atoms with Crippen LogP contribution in [0.3, 0.4) is 0 Å². The van der Waals surface area contributed by atoms with Crippen LogP contribution in [0, 0.1) is 11.8 Å². The number of ketones is 1. The molecule has 116 valence electrons. The van der Waals surface area contributed by atoms with Gasteiger partial charge in [0.25, 0.3) is 0 Å². The fourth-order valence-electron chi connectivity index (χ4n) is 3.69. The first kappa shape index (κ1) is 16.0. The van der Waals surface area contributed by atoms with Gasteiger partial charge in [0.2, 0.25) is 0 Å². The summed E-state index contributed by atoms with van der Waals surface area (Å²) in [6.45, 7) is 6.67. The van der Waals surface area contributed by atoms with Crippen molar-refractivity contribution >= 4 is 5.78 Å². The third kappa shape index (κ3) is 3.82. The molecule has 3 nitrogen and oxygen atoms in total. The van der Waals surface area contributed by atoms with Crippen molar-refractivity contribution in [1.29, 1.82) is 0 Å². The zero-order valence-electron chi connectivity index (χ0n) is 13.2. The molecule has 0 N–H and O–H groups in total. The van der Waals surface area contributed by atoms with Crippen molar-refractivity contribution in [3.63, 3.8) is 0 Å². The summed E-state index contributed by atoms with van der Waals surface area (Å²) in [5.74, 6) is 1.01. The molecule has 2 saturated heterocycles. The summed E-state index contributed by atoms with van der Waals surface area (Å²) >= 11 is 0. The first-order valence-corrected chi connectivity index (χ1v) is 8.46. The molecule has 2 aliphatic rings. The van der Waals surface area contributed by atoms with E-state index in [4.69, 9.17) is 9.47 Å². The van der Waals surface area contributed by atoms with Gasteiger partial charge >= 0.3 is 0 Å². The lowest BCUT2D eigenvalue weighted by molar-refractivity contribution is -0.159. The van der Waals surface area contributed by atoms with Crippen LogP contribution in [0.25, 0.3) is 0 Å². The van der Waals surface area contributed by atoms with E-state index in [-0.39, 0.29) is 17.4 Å². The summed E-state index contributed by atoms with van der Waals surface area (Å²) in [5.41, 5.74) is -0.0557. The van der Waals surface area contributed by atoms with Crippen molar-refractivity contribution in [1.82, 2.24) is 0 Å². The van der Waals surface area contributed by atoms with Crippen LogP contribution in [0.2, 0.25) is 0 Å². The molecule has 0 bridgehead atoms. The van der Waals surface area contributed by atoms with Crippen LogP contribution >= 0.6 is 0 Å². The van der Waals surface area contributed by atoms with Crippen LogP contribution < -0.4 is 0 Å². The van der Waals surface area contributed by atoms with Gasteiger partial charge in [-0.3, -0.25) is 4.79 Å². The predicted molar refractivity (Wildman–Crippen MR) is 79.8 cm³/mol. The molecule has 0 saturated carbocycles. The van der Waals surface area contributed by atoms with Crippen LogP contribution in [0.5, 0.6) is 0 Å². The van der Waals surface area contributed by atoms with Gasteiger partial charge in [0.1, 0.15) is 5.78 Å². The predicted octanol–water partition coefficient (Wildman–Crippen LogP) is 3.75. The quantitative estimate of drug-likeness (QED) is 0.744. The standard InChI is InChI=1S/C17H30O3/c1-3-5-6-14(4-2)16(18)15-7-10-20-17(13-15)8-11-19-12-9-17/h14-15H,3-13H2,1-2H3. The summed E-state index contributed by atoms with van der Waals surface area (Å²) < 4.78 is 11.5. The van der Waals surface area contributed by atoms with E-state index < -0.39 is 0 Å². The third-order valence-electron chi connectivity index (χ3n) is 5.10. The molecule has 3 heteroatoms. The topological polar surface area (TPSA) is 35.5 Å². The van der Waals surface area contributed by atoms with Gasteiger partial charge in [0.15, 0.2) is 0 Å². The molecular weight excluding hydrogens is 252 g/mol. The SMILES string of the molecule is CCCCC(CC)C(=O)C1CCOC2(CCOCC2)C1. The monoisotopic (exact) mass is 282 g/mol. The lowest BCUT2D eigenvalue weighted by atomic mass is 9.75. The molecular formula is C17H30O3. The van der Waals surface area contributed by atoms with Crippen molar-refractivity contribution in [2.75, 3.05) is 19.8 Å². The summed E-state index contributed by atoms with van der Waals surface area (Å²) in [4.78, 5) is 12.8. The Hall–Kier alpha value is -0.410. The van der Waals surface area contributed by atoms with Crippen molar-refractivity contribution < 1.29 is 14.3 Å². The number of Topliss-reactive ketones (excluding diaryl/α,β-unsaturated/α-hetero) is 1. The van der Waals surface area contributed by atoms with Crippen molar-refractivity contribution in [2.45, 2.75) is 70.8 Å². The molecule has 0 aromatic carbocycles. The second-order valence-corrected chi connectivity index (χ2v) is 6.48. The Balaban J connectivity index is 1.94. The maximum Gasteiger partial charge on any atom is 0.139 e. The van der Waals surface area contributed by atoms with Gasteiger partial charge in [0, 0.05) is 31.7 Å². The van der Waals surface area contributed by atoms with E-state index in [1.807, 2.05) is 0 Å². The number of carbonyl (C=O) groups is 1. The van der Waals surface area contributed by atoms with Crippen LogP contribution in [0.1, 0.15) is 65.2 Å². The molecule has 1 spiro atoms. The highest BCUT2D eigenvalue weighted by Crippen LogP contribution is 2.38. The minimum atomic E-state index is -0.0557. The Morgan fingerprint density at radius 3 is 2.65 bits per heavy atom. The molecule has 2 aliphatic heterocycles. The van der Waals surface area contributed by atoms with Gasteiger partial charge in [-0.25, -0.2) is 0 Å². The Morgan fingerprint density at radius 2 is 2.00 bits per heavy atom. The molecule has 0 radical (unpaired) electrons. The Bertz CT molecular complexity index is 302. The number of carbonyl (C=O) groups excluding carboxylic acids is 1. The Kier molecular flexibility index (Phi) is 6.03. The highest BCUT2D eigenvalue weighted by atomic mass is 16.5. The molecule has 0 aromatic heterocycles. The minimum absolute atomic E-state index is 0.0557. The summed E-state index contributed by atoms with van der Waals surface area (Å²) in [6.07, 6.45) is 8.18. The Morgan fingerprint density at radius 1 is 1.25 bits per heavy atom. The minimum Gasteiger partial charge on any atom is -0.381 e. The largest absolute Gasteiger partial charge is 0.381 e. The smallest absolute Gasteiger partial charge is 0.139 e. The Labute approximate surface area is 123 Å². The summed E-state index contributed by atoms with van der Waals surface area (Å²) in [6, 6.07) is 0. The number of hydrogen-bond acceptors (Lipinski definition) is 3. The average Bonchev–Trinajstić information content (AvgIpc) is 2.48. The molecule has 0 amide bonds. The maximum atomic E-state index is 12.8. The first-order chi connectivity index (χ1) is 9.71. The molecule has 20 heavy (non-hydrogen) atoms. The van der Waals surface area contributed by atoms with Gasteiger partial charge in [-0.2, -0.15) is 0 Å². The molecule has 2 atom stereocenters. The van der Waals surface area contributed by atoms with Crippen LogP contribution in [0.4, 0.5) is 0 Å². The van der Waals surface area contributed by atoms with E-state index in [1.54, 1.807) is 0 Å². The molecule has 2 heterocycles. The average molecular weight is 282 g/mol. The normalized spacial score (nSPS) is 27.4. The fraction of sp³-hybridized carbons (Fsp3) is 0.941. The molecule has 0 aromatic rings. The van der Waals surface area contributed by atoms with E-state index in [2.05, 4.69) is 13.8 Å². The van der Waals surface area contributed by atoms with E-state index in [0.717, 1.165) is 58.3 Å². The van der Waals surface area contributed by atoms with Gasteiger partial charge in [-0.1, -0.05) is 26.7 Å². The van der Waals surface area contributed by atoms with Crippen LogP contribution in [-0.2, 0) is 14.3 Å². The van der Waals surface area contributed by atoms with E-state index in [1.165, 1.54) is 12.8 Å². The highest BCUT2D eigenvalue weighted by Gasteiger charge is 2.42. The number of hydrogen-bond donors (Lipinski definition) is 0. The maximum absolute atomic E-state index is 12.8. The first-order valence-electron chi connectivity index (χ1n) is 8.46. The lowest BCUT2D eigenvalue weighted by Gasteiger charge is -2.43. The number of unbranched alkanes of at least 4 members (excludes halogenated alkanes) is 1. The number of ether oxygens (including phenoxy) is 2. The summed E-state index contributed by atoms with van der Waals surface area (Å²) in [5, 5.41) is 0. The van der Waals surface area contributed by atoms with Gasteiger partial charge in [0.05, 0.1) is 5.60 Å².